The third kappa shape index (κ3) is 4.99. The molecule has 2 N–H and O–H groups in total. The first-order chi connectivity index (χ1) is 17.0. The summed E-state index contributed by atoms with van der Waals surface area (Å²) in [5.41, 5.74) is 3.78. The molecule has 2 aliphatic rings. The second kappa shape index (κ2) is 9.99. The van der Waals surface area contributed by atoms with E-state index in [0.717, 1.165) is 32.3 Å². The number of rotatable bonds is 6. The Bertz CT molecular complexity index is 1420. The molecule has 2 aromatic rings. The number of amides is 1. The molecule has 0 saturated carbocycles. The van der Waals surface area contributed by atoms with Crippen LogP contribution in [0.2, 0.25) is 5.15 Å². The van der Waals surface area contributed by atoms with Crippen molar-refractivity contribution in [3.63, 3.8) is 0 Å². The zero-order valence-electron chi connectivity index (χ0n) is 20.2. The van der Waals surface area contributed by atoms with Crippen LogP contribution in [0.1, 0.15) is 49.6 Å². The fourth-order valence-electron chi connectivity index (χ4n) is 4.14. The van der Waals surface area contributed by atoms with Gasteiger partial charge in [-0.3, -0.25) is 5.32 Å². The highest BCUT2D eigenvalue weighted by molar-refractivity contribution is 9.10. The van der Waals surface area contributed by atoms with Crippen molar-refractivity contribution in [1.29, 1.82) is 0 Å². The van der Waals surface area contributed by atoms with Gasteiger partial charge in [-0.05, 0) is 60.0 Å². The maximum absolute atomic E-state index is 12.6. The largest absolute Gasteiger partial charge is 0.476 e. The summed E-state index contributed by atoms with van der Waals surface area (Å²) in [7, 11) is 0. The SMILES string of the molecule is CCc1nc(Cl)c(C(=O)O)n1Cc1c2ccocc-2c(Br)c1-c1ccccc1NC(=O)OC(C)(C)C. The first-order valence-corrected chi connectivity index (χ1v) is 12.4. The third-order valence-corrected chi connectivity index (χ3v) is 6.63. The van der Waals surface area contributed by atoms with E-state index in [2.05, 4.69) is 26.2 Å². The predicted octanol–water partition coefficient (Wildman–Crippen LogP) is 7.32. The number of imidazole rings is 1. The maximum Gasteiger partial charge on any atom is 0.412 e. The molecule has 0 bridgehead atoms. The zero-order chi connectivity index (χ0) is 26.2. The van der Waals surface area contributed by atoms with Gasteiger partial charge < -0.3 is 18.8 Å². The summed E-state index contributed by atoms with van der Waals surface area (Å²) in [6, 6.07) is 9.17. The molecule has 0 unspecified atom stereocenters. The Balaban J connectivity index is 1.91. The Labute approximate surface area is 221 Å². The number of carbonyl (C=O) groups excluding carboxylic acids is 1. The Hall–Kier alpha value is -3.30. The highest BCUT2D eigenvalue weighted by Gasteiger charge is 2.29. The average molecular weight is 575 g/mol. The third-order valence-electron chi connectivity index (χ3n) is 5.54. The lowest BCUT2D eigenvalue weighted by Gasteiger charge is -2.21. The van der Waals surface area contributed by atoms with Crippen molar-refractivity contribution in [1.82, 2.24) is 9.55 Å². The zero-order valence-corrected chi connectivity index (χ0v) is 22.5. The van der Waals surface area contributed by atoms with Crippen LogP contribution in [0, 0.1) is 0 Å². The minimum absolute atomic E-state index is 0.0576. The molecule has 0 saturated heterocycles. The van der Waals surface area contributed by atoms with E-state index in [1.165, 1.54) is 0 Å². The van der Waals surface area contributed by atoms with Crippen LogP contribution >= 0.6 is 27.5 Å². The number of hydrogen-bond acceptors (Lipinski definition) is 5. The number of para-hydroxylation sites is 1. The second-order valence-corrected chi connectivity index (χ2v) is 10.3. The summed E-state index contributed by atoms with van der Waals surface area (Å²) in [5.74, 6) is -0.611. The molecule has 0 fully saturated rings. The summed E-state index contributed by atoms with van der Waals surface area (Å²) in [6.07, 6.45) is 3.10. The lowest BCUT2D eigenvalue weighted by molar-refractivity contribution is 0.0633. The number of aromatic carboxylic acids is 1. The molecule has 10 heteroatoms. The van der Waals surface area contributed by atoms with E-state index in [-0.39, 0.29) is 17.4 Å². The van der Waals surface area contributed by atoms with Gasteiger partial charge in [-0.1, -0.05) is 36.7 Å². The summed E-state index contributed by atoms with van der Waals surface area (Å²) in [5, 5.41) is 12.6. The molecule has 8 nitrogen and oxygen atoms in total. The molecule has 4 rings (SSSR count). The van der Waals surface area contributed by atoms with Crippen molar-refractivity contribution in [2.45, 2.75) is 46.3 Å². The molecular weight excluding hydrogens is 550 g/mol. The highest BCUT2D eigenvalue weighted by Crippen LogP contribution is 2.48. The van der Waals surface area contributed by atoms with Crippen molar-refractivity contribution in [3.8, 4) is 22.3 Å². The Morgan fingerprint density at radius 3 is 2.58 bits per heavy atom. The number of aryl methyl sites for hydroxylation is 1. The van der Waals surface area contributed by atoms with Crippen LogP contribution in [0.3, 0.4) is 0 Å². The van der Waals surface area contributed by atoms with Gasteiger partial charge in [0.2, 0.25) is 0 Å². The maximum atomic E-state index is 12.6. The molecule has 0 radical (unpaired) electrons. The van der Waals surface area contributed by atoms with Crippen molar-refractivity contribution >= 4 is 45.3 Å². The van der Waals surface area contributed by atoms with Gasteiger partial charge in [0, 0.05) is 27.6 Å². The van der Waals surface area contributed by atoms with Gasteiger partial charge in [0.1, 0.15) is 11.4 Å². The van der Waals surface area contributed by atoms with Crippen LogP contribution in [0.25, 0.3) is 22.3 Å². The first kappa shape index (κ1) is 25.8. The number of halogens is 2. The van der Waals surface area contributed by atoms with Crippen molar-refractivity contribution < 1.29 is 23.8 Å². The molecule has 2 heterocycles. The molecule has 1 aliphatic carbocycles. The standard InChI is InChI=1S/C26H25BrClN3O5/c1-5-19-30-23(28)22(24(32)33)31(19)12-16-14-10-11-35-13-17(14)21(27)20(16)15-8-6-7-9-18(15)29-25(34)36-26(2,3)4/h6-11,13H,5,12H2,1-4H3,(H,29,34)(H,32,33). The average Bonchev–Trinajstić information content (AvgIpc) is 3.27. The Morgan fingerprint density at radius 2 is 1.92 bits per heavy atom. The predicted molar refractivity (Wildman–Crippen MR) is 141 cm³/mol. The molecule has 1 aromatic heterocycles. The van der Waals surface area contributed by atoms with Gasteiger partial charge in [0.05, 0.1) is 24.8 Å². The van der Waals surface area contributed by atoms with Gasteiger partial charge in [-0.15, -0.1) is 0 Å². The Morgan fingerprint density at radius 1 is 1.19 bits per heavy atom. The fourth-order valence-corrected chi connectivity index (χ4v) is 5.18. The molecule has 36 heavy (non-hydrogen) atoms. The van der Waals surface area contributed by atoms with E-state index in [9.17, 15) is 14.7 Å². The summed E-state index contributed by atoms with van der Waals surface area (Å²) in [4.78, 5) is 28.9. The van der Waals surface area contributed by atoms with E-state index in [0.29, 0.717) is 17.9 Å². The minimum Gasteiger partial charge on any atom is -0.476 e. The highest BCUT2D eigenvalue weighted by atomic mass is 79.9. The number of carboxylic acid groups (broad SMARTS) is 1. The number of carbonyl (C=O) groups is 2. The van der Waals surface area contributed by atoms with E-state index >= 15 is 0 Å². The van der Waals surface area contributed by atoms with Crippen molar-refractivity contribution in [3.05, 3.63) is 69.6 Å². The van der Waals surface area contributed by atoms with E-state index in [4.69, 9.17) is 20.8 Å². The minimum atomic E-state index is -1.16. The van der Waals surface area contributed by atoms with Gasteiger partial charge >= 0.3 is 12.1 Å². The second-order valence-electron chi connectivity index (χ2n) is 9.14. The quantitative estimate of drug-likeness (QED) is 0.250. The lowest BCUT2D eigenvalue weighted by atomic mass is 10.0. The first-order valence-electron chi connectivity index (χ1n) is 11.3. The van der Waals surface area contributed by atoms with Crippen LogP contribution in [0.5, 0.6) is 0 Å². The molecule has 1 aliphatic heterocycles. The smallest absolute Gasteiger partial charge is 0.412 e. The number of carboxylic acids is 1. The topological polar surface area (TPSA) is 107 Å². The number of aromatic nitrogens is 2. The molecule has 0 spiro atoms. The van der Waals surface area contributed by atoms with Gasteiger partial charge in [-0.2, -0.15) is 0 Å². The van der Waals surface area contributed by atoms with E-state index in [1.54, 1.807) is 43.9 Å². The van der Waals surface area contributed by atoms with Crippen LogP contribution in [-0.4, -0.2) is 32.3 Å². The lowest BCUT2D eigenvalue weighted by Crippen LogP contribution is -2.27. The van der Waals surface area contributed by atoms with Gasteiger partial charge in [0.25, 0.3) is 0 Å². The monoisotopic (exact) mass is 573 g/mol. The number of hydrogen-bond donors (Lipinski definition) is 2. The number of benzene rings is 1. The van der Waals surface area contributed by atoms with Crippen LogP contribution in [0.15, 0.2) is 51.7 Å². The van der Waals surface area contributed by atoms with E-state index < -0.39 is 17.7 Å². The molecule has 1 amide bonds. The van der Waals surface area contributed by atoms with Crippen molar-refractivity contribution in [2.75, 3.05) is 5.32 Å². The summed E-state index contributed by atoms with van der Waals surface area (Å²) >= 11 is 9.93. The van der Waals surface area contributed by atoms with Crippen LogP contribution < -0.4 is 5.32 Å². The molecular formula is C26H25BrClN3O5. The summed E-state index contributed by atoms with van der Waals surface area (Å²) in [6.45, 7) is 7.46. The van der Waals surface area contributed by atoms with Crippen molar-refractivity contribution in [2.24, 2.45) is 0 Å². The summed E-state index contributed by atoms with van der Waals surface area (Å²) < 4.78 is 13.2. The van der Waals surface area contributed by atoms with E-state index in [1.807, 2.05) is 31.2 Å². The normalized spacial score (nSPS) is 11.6. The molecule has 1 aromatic carbocycles. The van der Waals surface area contributed by atoms with Crippen LogP contribution in [0.4, 0.5) is 10.5 Å². The fraction of sp³-hybridized carbons (Fsp3) is 0.269. The molecule has 0 atom stereocenters. The van der Waals surface area contributed by atoms with Gasteiger partial charge in [0.15, 0.2) is 10.8 Å². The number of anilines is 1. The number of nitrogens with zero attached hydrogens (tertiary/aromatic N) is 2. The Kier molecular flexibility index (Phi) is 7.15. The molecule has 188 valence electrons. The van der Waals surface area contributed by atoms with Crippen LogP contribution in [-0.2, 0) is 17.7 Å². The number of nitrogens with one attached hydrogen (secondary N) is 1. The van der Waals surface area contributed by atoms with Gasteiger partial charge in [-0.25, -0.2) is 14.6 Å². The number of fused-ring (bicyclic) bond motifs is 1. The number of ether oxygens (including phenoxy) is 1.